The Morgan fingerprint density at radius 3 is 2.68 bits per heavy atom. The van der Waals surface area contributed by atoms with E-state index in [0.29, 0.717) is 23.2 Å². The Morgan fingerprint density at radius 2 is 2.12 bits per heavy atom. The average Bonchev–Trinajstić information content (AvgIpc) is 2.56. The van der Waals surface area contributed by atoms with Gasteiger partial charge in [0.05, 0.1) is 0 Å². The van der Waals surface area contributed by atoms with E-state index in [1.807, 2.05) is 0 Å². The van der Waals surface area contributed by atoms with Crippen molar-refractivity contribution in [2.45, 2.75) is 44.6 Å². The minimum atomic E-state index is -3.74. The van der Waals surface area contributed by atoms with Gasteiger partial charge in [-0.15, -0.1) is 0 Å². The first-order valence-electron chi connectivity index (χ1n) is 8.70. The third kappa shape index (κ3) is 3.19. The fourth-order valence-electron chi connectivity index (χ4n) is 4.41. The van der Waals surface area contributed by atoms with E-state index in [1.54, 1.807) is 6.07 Å². The number of hydrogen-bond acceptors (Lipinski definition) is 5. The van der Waals surface area contributed by atoms with Gasteiger partial charge in [0.1, 0.15) is 17.5 Å². The molecule has 7 heteroatoms. The molecular formula is C18H26N2O4S. The smallest absolute Gasteiger partial charge is 0.321 e. The van der Waals surface area contributed by atoms with Gasteiger partial charge in [0.2, 0.25) is 10.0 Å². The molecule has 1 heterocycles. The molecule has 0 N–H and O–H groups in total. The Morgan fingerprint density at radius 1 is 1.40 bits per heavy atom. The lowest BCUT2D eigenvalue weighted by Gasteiger charge is -2.61. The molecule has 25 heavy (non-hydrogen) atoms. The first-order chi connectivity index (χ1) is 11.6. The van der Waals surface area contributed by atoms with Crippen molar-refractivity contribution in [1.82, 2.24) is 9.29 Å². The van der Waals surface area contributed by atoms with Crippen LogP contribution in [-0.4, -0.2) is 43.4 Å². The van der Waals surface area contributed by atoms with Gasteiger partial charge in [0, 0.05) is 19.4 Å². The van der Waals surface area contributed by atoms with Gasteiger partial charge in [-0.2, -0.15) is 4.31 Å². The summed E-state index contributed by atoms with van der Waals surface area (Å²) >= 11 is 0. The van der Waals surface area contributed by atoms with E-state index >= 15 is 0 Å². The highest BCUT2D eigenvalue weighted by molar-refractivity contribution is 7.89. The molecule has 0 aliphatic heterocycles. The van der Waals surface area contributed by atoms with Crippen LogP contribution in [-0.2, 0) is 19.6 Å². The molecule has 3 aliphatic rings. The summed E-state index contributed by atoms with van der Waals surface area (Å²) in [7, 11) is -2.36. The summed E-state index contributed by atoms with van der Waals surface area (Å²) in [5.41, 5.74) is 0.322. The zero-order chi connectivity index (χ0) is 18.4. The second kappa shape index (κ2) is 6.36. The third-order valence-corrected chi connectivity index (χ3v) is 8.05. The van der Waals surface area contributed by atoms with Crippen molar-refractivity contribution in [2.24, 2.45) is 23.2 Å². The van der Waals surface area contributed by atoms with Crippen LogP contribution in [0.4, 0.5) is 0 Å². The molecule has 6 nitrogen and oxygen atoms in total. The number of sulfonamides is 1. The maximum Gasteiger partial charge on any atom is 0.321 e. The summed E-state index contributed by atoms with van der Waals surface area (Å²) in [5, 5.41) is 0. The van der Waals surface area contributed by atoms with Gasteiger partial charge in [-0.25, -0.2) is 8.42 Å². The van der Waals surface area contributed by atoms with Gasteiger partial charge in [0.15, 0.2) is 0 Å². The van der Waals surface area contributed by atoms with Crippen molar-refractivity contribution in [3.63, 3.8) is 0 Å². The van der Waals surface area contributed by atoms with Gasteiger partial charge in [-0.3, -0.25) is 9.78 Å². The van der Waals surface area contributed by atoms with Crippen LogP contribution in [0.5, 0.6) is 0 Å². The molecule has 3 aliphatic carbocycles. The number of carbonyl (C=O) groups excluding carboxylic acids is 1. The molecule has 1 aromatic rings. The summed E-state index contributed by atoms with van der Waals surface area (Å²) in [6, 6.07) is 3.01. The van der Waals surface area contributed by atoms with Crippen molar-refractivity contribution < 1.29 is 17.9 Å². The molecule has 0 radical (unpaired) electrons. The molecule has 3 fully saturated rings. The maximum absolute atomic E-state index is 12.4. The number of likely N-dealkylation sites (N-methyl/N-ethyl adjacent to an activating group) is 1. The zero-order valence-corrected chi connectivity index (χ0v) is 16.0. The standard InChI is InChI=1S/C18H26N2O4S/c1-12-15-8-13(18(15,2)3)9-16(12)24-17(21)11-20(4)25(22,23)14-6-5-7-19-10-14/h5-7,10,12-13,15-16H,8-9,11H2,1-4H3. The maximum atomic E-state index is 12.4. The second-order valence-corrected chi connectivity index (χ2v) is 9.98. The van der Waals surface area contributed by atoms with E-state index in [2.05, 4.69) is 25.8 Å². The topological polar surface area (TPSA) is 76.6 Å². The molecular weight excluding hydrogens is 340 g/mol. The number of rotatable bonds is 5. The van der Waals surface area contributed by atoms with Crippen LogP contribution in [0.25, 0.3) is 0 Å². The number of aromatic nitrogens is 1. The molecule has 2 bridgehead atoms. The lowest BCUT2D eigenvalue weighted by atomic mass is 9.45. The minimum absolute atomic E-state index is 0.0688. The number of nitrogens with zero attached hydrogens (tertiary/aromatic N) is 2. The quantitative estimate of drug-likeness (QED) is 0.748. The molecule has 0 amide bonds. The molecule has 3 saturated carbocycles. The Bertz CT molecular complexity index is 748. The Balaban J connectivity index is 1.60. The largest absolute Gasteiger partial charge is 0.461 e. The fraction of sp³-hybridized carbons (Fsp3) is 0.667. The van der Waals surface area contributed by atoms with Crippen molar-refractivity contribution in [3.05, 3.63) is 24.5 Å². The average molecular weight is 366 g/mol. The summed E-state index contributed by atoms with van der Waals surface area (Å²) in [6.45, 7) is 6.41. The highest BCUT2D eigenvalue weighted by atomic mass is 32.2. The monoisotopic (exact) mass is 366 g/mol. The van der Waals surface area contributed by atoms with Crippen LogP contribution in [0.15, 0.2) is 29.4 Å². The molecule has 1 aromatic heterocycles. The SMILES string of the molecule is CC1C(OC(=O)CN(C)S(=O)(=O)c2cccnc2)CC2CC1C2(C)C. The molecule has 4 unspecified atom stereocenters. The van der Waals surface area contributed by atoms with Crippen LogP contribution in [0.3, 0.4) is 0 Å². The zero-order valence-electron chi connectivity index (χ0n) is 15.2. The van der Waals surface area contributed by atoms with E-state index in [0.717, 1.165) is 10.7 Å². The number of pyridine rings is 1. The minimum Gasteiger partial charge on any atom is -0.461 e. The number of fused-ring (bicyclic) bond motifs is 2. The molecule has 0 aromatic carbocycles. The first-order valence-corrected chi connectivity index (χ1v) is 10.1. The molecule has 138 valence electrons. The first kappa shape index (κ1) is 18.3. The normalized spacial score (nSPS) is 30.6. The molecule has 0 saturated heterocycles. The van der Waals surface area contributed by atoms with Crippen LogP contribution >= 0.6 is 0 Å². The van der Waals surface area contributed by atoms with Crippen LogP contribution in [0, 0.1) is 23.2 Å². The number of esters is 1. The lowest BCUT2D eigenvalue weighted by Crippen LogP contribution is -2.57. The van der Waals surface area contributed by atoms with Gasteiger partial charge < -0.3 is 4.74 Å². The summed E-state index contributed by atoms with van der Waals surface area (Å²) in [5.74, 6) is 0.972. The Hall–Kier alpha value is -1.47. The predicted molar refractivity (Wildman–Crippen MR) is 93.1 cm³/mol. The van der Waals surface area contributed by atoms with Crippen molar-refractivity contribution in [3.8, 4) is 0 Å². The van der Waals surface area contributed by atoms with Crippen LogP contribution in [0.1, 0.15) is 33.6 Å². The van der Waals surface area contributed by atoms with E-state index in [-0.39, 0.29) is 17.5 Å². The van der Waals surface area contributed by atoms with E-state index in [9.17, 15) is 13.2 Å². The Kier molecular flexibility index (Phi) is 4.66. The number of hydrogen-bond donors (Lipinski definition) is 0. The Labute approximate surface area is 149 Å². The summed E-state index contributed by atoms with van der Waals surface area (Å²) in [6.07, 6.45) is 4.74. The highest BCUT2D eigenvalue weighted by Crippen LogP contribution is 2.61. The van der Waals surface area contributed by atoms with Crippen LogP contribution in [0.2, 0.25) is 0 Å². The van der Waals surface area contributed by atoms with Crippen molar-refractivity contribution in [1.29, 1.82) is 0 Å². The second-order valence-electron chi connectivity index (χ2n) is 7.93. The summed E-state index contributed by atoms with van der Waals surface area (Å²) in [4.78, 5) is 16.2. The molecule has 0 spiro atoms. The van der Waals surface area contributed by atoms with Gasteiger partial charge >= 0.3 is 5.97 Å². The number of carbonyl (C=O) groups is 1. The van der Waals surface area contributed by atoms with E-state index in [1.165, 1.54) is 31.9 Å². The van der Waals surface area contributed by atoms with Crippen LogP contribution < -0.4 is 0 Å². The van der Waals surface area contributed by atoms with Gasteiger partial charge in [-0.05, 0) is 48.1 Å². The number of ether oxygens (including phenoxy) is 1. The van der Waals surface area contributed by atoms with Gasteiger partial charge in [0.25, 0.3) is 0 Å². The van der Waals surface area contributed by atoms with E-state index < -0.39 is 16.0 Å². The summed E-state index contributed by atoms with van der Waals surface area (Å²) < 4.78 is 31.6. The third-order valence-electron chi connectivity index (χ3n) is 6.26. The predicted octanol–water partition coefficient (Wildman–Crippen LogP) is 2.32. The lowest BCUT2D eigenvalue weighted by molar-refractivity contribution is -0.186. The molecule has 4 rings (SSSR count). The van der Waals surface area contributed by atoms with E-state index in [4.69, 9.17) is 4.74 Å². The van der Waals surface area contributed by atoms with Gasteiger partial charge in [-0.1, -0.05) is 20.8 Å². The van der Waals surface area contributed by atoms with Crippen molar-refractivity contribution >= 4 is 16.0 Å². The molecule has 4 atom stereocenters. The van der Waals surface area contributed by atoms with Crippen molar-refractivity contribution in [2.75, 3.05) is 13.6 Å². The highest BCUT2D eigenvalue weighted by Gasteiger charge is 2.57. The fourth-order valence-corrected chi connectivity index (χ4v) is 5.49.